The Hall–Kier alpha value is -1.95. The van der Waals surface area contributed by atoms with E-state index in [-0.39, 0.29) is 11.6 Å². The van der Waals surface area contributed by atoms with Crippen molar-refractivity contribution < 1.29 is 14.7 Å². The Morgan fingerprint density at radius 1 is 1.38 bits per heavy atom. The third-order valence-electron chi connectivity index (χ3n) is 4.01. The Balaban J connectivity index is 2.02. The van der Waals surface area contributed by atoms with Crippen LogP contribution in [0.25, 0.3) is 0 Å². The summed E-state index contributed by atoms with van der Waals surface area (Å²) >= 11 is 0. The molecule has 1 aromatic heterocycles. The van der Waals surface area contributed by atoms with Crippen molar-refractivity contribution in [3.05, 3.63) is 29.6 Å². The number of likely N-dealkylation sites (tertiary alicyclic amines) is 1. The lowest BCUT2D eigenvalue weighted by molar-refractivity contribution is 0.0688. The maximum absolute atomic E-state index is 12.4. The lowest BCUT2D eigenvalue weighted by Crippen LogP contribution is -2.38. The molecule has 0 bridgehead atoms. The van der Waals surface area contributed by atoms with E-state index < -0.39 is 5.97 Å². The van der Waals surface area contributed by atoms with Crippen LogP contribution >= 0.6 is 0 Å². The zero-order chi connectivity index (χ0) is 15.4. The number of carbonyl (C=O) groups is 2. The number of hydrogen-bond acceptors (Lipinski definition) is 4. The van der Waals surface area contributed by atoms with Crippen molar-refractivity contribution in [1.29, 1.82) is 0 Å². The Morgan fingerprint density at radius 3 is 2.62 bits per heavy atom. The highest BCUT2D eigenvalue weighted by atomic mass is 16.4. The van der Waals surface area contributed by atoms with Crippen LogP contribution in [0, 0.1) is 0 Å². The molecule has 0 aromatic carbocycles. The van der Waals surface area contributed by atoms with Crippen molar-refractivity contribution in [2.75, 3.05) is 26.2 Å². The van der Waals surface area contributed by atoms with E-state index in [9.17, 15) is 9.59 Å². The van der Waals surface area contributed by atoms with Crippen LogP contribution in [0.4, 0.5) is 0 Å². The molecular weight excluding hydrogens is 270 g/mol. The van der Waals surface area contributed by atoms with Gasteiger partial charge in [0.1, 0.15) is 5.69 Å². The molecule has 1 aliphatic rings. The summed E-state index contributed by atoms with van der Waals surface area (Å²) in [6.07, 6.45) is 2.32. The molecule has 6 nitrogen and oxygen atoms in total. The molecule has 2 heterocycles. The van der Waals surface area contributed by atoms with Gasteiger partial charge in [-0.2, -0.15) is 0 Å². The number of hydrogen-bond donors (Lipinski definition) is 1. The van der Waals surface area contributed by atoms with Crippen molar-refractivity contribution >= 4 is 11.9 Å². The summed E-state index contributed by atoms with van der Waals surface area (Å²) < 4.78 is 0. The van der Waals surface area contributed by atoms with Gasteiger partial charge in [0.15, 0.2) is 0 Å². The van der Waals surface area contributed by atoms with Crippen LogP contribution in [0.2, 0.25) is 0 Å². The van der Waals surface area contributed by atoms with Gasteiger partial charge in [-0.3, -0.25) is 9.69 Å². The van der Waals surface area contributed by atoms with Gasteiger partial charge in [0.2, 0.25) is 0 Å². The van der Waals surface area contributed by atoms with Crippen LogP contribution in [0.5, 0.6) is 0 Å². The van der Waals surface area contributed by atoms with Gasteiger partial charge in [-0.15, -0.1) is 0 Å². The van der Waals surface area contributed by atoms with Crippen molar-refractivity contribution in [2.45, 2.75) is 26.3 Å². The second kappa shape index (κ2) is 6.67. The molecule has 0 aliphatic carbocycles. The number of carbonyl (C=O) groups excluding carboxylic acids is 1. The number of carboxylic acids is 1. The lowest BCUT2D eigenvalue weighted by atomic mass is 10.2. The Kier molecular flexibility index (Phi) is 4.90. The molecular formula is C15H21N3O3. The number of pyridine rings is 1. The first-order valence-corrected chi connectivity index (χ1v) is 7.29. The quantitative estimate of drug-likeness (QED) is 0.886. The summed E-state index contributed by atoms with van der Waals surface area (Å²) in [7, 11) is 0. The van der Waals surface area contributed by atoms with Crippen molar-refractivity contribution in [3.8, 4) is 0 Å². The molecule has 1 saturated heterocycles. The molecule has 2 rings (SSSR count). The van der Waals surface area contributed by atoms with Crippen LogP contribution in [-0.4, -0.2) is 64.0 Å². The van der Waals surface area contributed by atoms with Gasteiger partial charge in [-0.1, -0.05) is 13.8 Å². The molecule has 1 N–H and O–H groups in total. The molecule has 0 radical (unpaired) electrons. The minimum absolute atomic E-state index is 0.0472. The molecule has 0 saturated carbocycles. The molecule has 114 valence electrons. The average Bonchev–Trinajstić information content (AvgIpc) is 2.97. The van der Waals surface area contributed by atoms with Gasteiger partial charge in [-0.25, -0.2) is 9.78 Å². The maximum atomic E-state index is 12.4. The smallest absolute Gasteiger partial charge is 0.354 e. The minimum atomic E-state index is -1.09. The van der Waals surface area contributed by atoms with E-state index in [2.05, 4.69) is 23.7 Å². The number of aromatic carboxylic acids is 1. The third kappa shape index (κ3) is 3.39. The number of likely N-dealkylation sites (N-methyl/N-ethyl adjacent to an activating group) is 1. The van der Waals surface area contributed by atoms with Gasteiger partial charge in [0.05, 0.1) is 5.56 Å². The fourth-order valence-electron chi connectivity index (χ4n) is 2.79. The number of rotatable bonds is 5. The lowest BCUT2D eigenvalue weighted by Gasteiger charge is -2.26. The summed E-state index contributed by atoms with van der Waals surface area (Å²) in [5.41, 5.74) is 0.397. The highest BCUT2D eigenvalue weighted by Gasteiger charge is 2.29. The standard InChI is InChI=1S/C15H21N3O3/c1-3-17(4-2)12-7-8-18(10-12)14(19)11-5-6-13(15(20)21)16-9-11/h5-6,9,12H,3-4,7-8,10H2,1-2H3,(H,20,21). The largest absolute Gasteiger partial charge is 0.477 e. The molecule has 1 atom stereocenters. The number of nitrogens with zero attached hydrogens (tertiary/aromatic N) is 3. The fraction of sp³-hybridized carbons (Fsp3) is 0.533. The summed E-state index contributed by atoms with van der Waals surface area (Å²) in [4.78, 5) is 31.1. The zero-order valence-electron chi connectivity index (χ0n) is 12.5. The second-order valence-corrected chi connectivity index (χ2v) is 5.15. The first-order valence-electron chi connectivity index (χ1n) is 7.29. The number of amides is 1. The van der Waals surface area contributed by atoms with E-state index in [0.717, 1.165) is 32.6 Å². The first-order chi connectivity index (χ1) is 10.1. The van der Waals surface area contributed by atoms with Gasteiger partial charge < -0.3 is 10.0 Å². The predicted molar refractivity (Wildman–Crippen MR) is 78.4 cm³/mol. The van der Waals surface area contributed by atoms with E-state index in [1.54, 1.807) is 0 Å². The van der Waals surface area contributed by atoms with Crippen LogP contribution in [-0.2, 0) is 0 Å². The van der Waals surface area contributed by atoms with Gasteiger partial charge in [0.25, 0.3) is 5.91 Å². The number of aromatic nitrogens is 1. The van der Waals surface area contributed by atoms with E-state index >= 15 is 0 Å². The zero-order valence-corrected chi connectivity index (χ0v) is 12.5. The van der Waals surface area contributed by atoms with Crippen molar-refractivity contribution in [1.82, 2.24) is 14.8 Å². The first kappa shape index (κ1) is 15.4. The van der Waals surface area contributed by atoms with Crippen LogP contribution < -0.4 is 0 Å². The number of carboxylic acid groups (broad SMARTS) is 1. The highest BCUT2D eigenvalue weighted by Crippen LogP contribution is 2.18. The van der Waals surface area contributed by atoms with Gasteiger partial charge in [-0.05, 0) is 31.6 Å². The summed E-state index contributed by atoms with van der Waals surface area (Å²) in [6.45, 7) is 7.68. The maximum Gasteiger partial charge on any atom is 0.354 e. The molecule has 1 unspecified atom stereocenters. The predicted octanol–water partition coefficient (Wildman–Crippen LogP) is 1.34. The third-order valence-corrected chi connectivity index (χ3v) is 4.01. The SMILES string of the molecule is CCN(CC)C1CCN(C(=O)c2ccc(C(=O)O)nc2)C1. The van der Waals surface area contributed by atoms with E-state index in [1.165, 1.54) is 18.3 Å². The van der Waals surface area contributed by atoms with Crippen molar-refractivity contribution in [2.24, 2.45) is 0 Å². The average molecular weight is 291 g/mol. The molecule has 1 amide bonds. The fourth-order valence-corrected chi connectivity index (χ4v) is 2.79. The van der Waals surface area contributed by atoms with Crippen LogP contribution in [0.3, 0.4) is 0 Å². The molecule has 1 aliphatic heterocycles. The Morgan fingerprint density at radius 2 is 2.10 bits per heavy atom. The molecule has 21 heavy (non-hydrogen) atoms. The van der Waals surface area contributed by atoms with Crippen molar-refractivity contribution in [3.63, 3.8) is 0 Å². The Labute approximate surface area is 124 Å². The van der Waals surface area contributed by atoms with E-state index in [1.807, 2.05) is 4.90 Å². The van der Waals surface area contributed by atoms with E-state index in [4.69, 9.17) is 5.11 Å². The second-order valence-electron chi connectivity index (χ2n) is 5.15. The van der Waals surface area contributed by atoms with Gasteiger partial charge >= 0.3 is 5.97 Å². The van der Waals surface area contributed by atoms with Crippen LogP contribution in [0.1, 0.15) is 41.1 Å². The molecule has 1 fully saturated rings. The molecule has 6 heteroatoms. The summed E-state index contributed by atoms with van der Waals surface area (Å²) in [5, 5.41) is 8.81. The minimum Gasteiger partial charge on any atom is -0.477 e. The molecule has 0 spiro atoms. The van der Waals surface area contributed by atoms with Crippen LogP contribution in [0.15, 0.2) is 18.3 Å². The summed E-state index contributed by atoms with van der Waals surface area (Å²) in [6, 6.07) is 3.31. The highest BCUT2D eigenvalue weighted by molar-refractivity contribution is 5.95. The Bertz CT molecular complexity index is 511. The normalized spacial score (nSPS) is 18.2. The monoisotopic (exact) mass is 291 g/mol. The van der Waals surface area contributed by atoms with Gasteiger partial charge in [0, 0.05) is 25.3 Å². The van der Waals surface area contributed by atoms with E-state index in [0.29, 0.717) is 11.6 Å². The topological polar surface area (TPSA) is 73.7 Å². The summed E-state index contributed by atoms with van der Waals surface area (Å²) in [5.74, 6) is -1.16. The molecule has 1 aromatic rings.